The van der Waals surface area contributed by atoms with E-state index < -0.39 is 0 Å². The Bertz CT molecular complexity index is 548. The van der Waals surface area contributed by atoms with Crippen LogP contribution in [0.3, 0.4) is 0 Å². The van der Waals surface area contributed by atoms with Gasteiger partial charge in [0.15, 0.2) is 10.4 Å². The second kappa shape index (κ2) is 5.69. The van der Waals surface area contributed by atoms with Crippen molar-refractivity contribution >= 4 is 27.5 Å². The van der Waals surface area contributed by atoms with Crippen molar-refractivity contribution in [2.45, 2.75) is 0 Å². The molecule has 1 heterocycles. The molecule has 4 heteroatoms. The van der Waals surface area contributed by atoms with Crippen LogP contribution in [0.2, 0.25) is 0 Å². The maximum atomic E-state index is 12.3. The first-order valence-electron chi connectivity index (χ1n) is 5.45. The molecular weight excluding hydrogens is 294 g/mol. The Balaban J connectivity index is 2.31. The lowest BCUT2D eigenvalue weighted by Crippen LogP contribution is -2.30. The summed E-state index contributed by atoms with van der Waals surface area (Å²) < 4.78 is 5.82. The number of anilines is 1. The zero-order valence-corrected chi connectivity index (χ0v) is 11.3. The molecule has 0 fully saturated rings. The molecule has 0 atom stereocenters. The highest BCUT2D eigenvalue weighted by Gasteiger charge is 2.19. The molecule has 0 aliphatic heterocycles. The van der Waals surface area contributed by atoms with E-state index in [1.54, 1.807) is 23.1 Å². The Labute approximate surface area is 114 Å². The molecule has 1 aromatic heterocycles. The molecule has 3 nitrogen and oxygen atoms in total. The number of para-hydroxylation sites is 1. The standard InChI is InChI=1S/C14H12BrNO2/c1-2-10-16(11-6-4-3-5-7-11)14(17)12-8-9-13(15)18-12/h2-9H,1,10H2. The van der Waals surface area contributed by atoms with Gasteiger partial charge in [-0.2, -0.15) is 0 Å². The quantitative estimate of drug-likeness (QED) is 0.803. The highest BCUT2D eigenvalue weighted by atomic mass is 79.9. The van der Waals surface area contributed by atoms with Gasteiger partial charge in [0.25, 0.3) is 5.91 Å². The minimum atomic E-state index is -0.188. The third-order valence-corrected chi connectivity index (χ3v) is 2.83. The first-order valence-corrected chi connectivity index (χ1v) is 6.25. The number of hydrogen-bond acceptors (Lipinski definition) is 2. The van der Waals surface area contributed by atoms with Gasteiger partial charge in [-0.3, -0.25) is 4.79 Å². The summed E-state index contributed by atoms with van der Waals surface area (Å²) in [6, 6.07) is 12.8. The Kier molecular flexibility index (Phi) is 3.99. The van der Waals surface area contributed by atoms with Crippen LogP contribution in [0.4, 0.5) is 5.69 Å². The fourth-order valence-electron chi connectivity index (χ4n) is 1.60. The van der Waals surface area contributed by atoms with Crippen molar-refractivity contribution in [3.05, 3.63) is 65.5 Å². The number of nitrogens with zero attached hydrogens (tertiary/aromatic N) is 1. The van der Waals surface area contributed by atoms with Gasteiger partial charge in [0, 0.05) is 12.2 Å². The highest BCUT2D eigenvalue weighted by Crippen LogP contribution is 2.20. The predicted octanol–water partition coefficient (Wildman–Crippen LogP) is 3.87. The van der Waals surface area contributed by atoms with E-state index in [2.05, 4.69) is 22.5 Å². The van der Waals surface area contributed by atoms with Crippen molar-refractivity contribution in [2.75, 3.05) is 11.4 Å². The lowest BCUT2D eigenvalue weighted by Gasteiger charge is -2.19. The normalized spacial score (nSPS) is 10.1. The molecule has 0 saturated carbocycles. The van der Waals surface area contributed by atoms with Crippen LogP contribution in [0.1, 0.15) is 10.6 Å². The van der Waals surface area contributed by atoms with E-state index in [0.29, 0.717) is 17.0 Å². The fourth-order valence-corrected chi connectivity index (χ4v) is 1.91. The van der Waals surface area contributed by atoms with Crippen molar-refractivity contribution in [2.24, 2.45) is 0 Å². The Morgan fingerprint density at radius 2 is 2.00 bits per heavy atom. The lowest BCUT2D eigenvalue weighted by molar-refractivity contribution is 0.0962. The van der Waals surface area contributed by atoms with Crippen LogP contribution in [0.25, 0.3) is 0 Å². The van der Waals surface area contributed by atoms with Crippen LogP contribution in [0.15, 0.2) is 64.2 Å². The number of hydrogen-bond donors (Lipinski definition) is 0. The second-order valence-electron chi connectivity index (χ2n) is 3.64. The lowest BCUT2D eigenvalue weighted by atomic mass is 10.2. The summed E-state index contributed by atoms with van der Waals surface area (Å²) in [6.07, 6.45) is 1.68. The molecular formula is C14H12BrNO2. The van der Waals surface area contributed by atoms with Crippen molar-refractivity contribution in [1.82, 2.24) is 0 Å². The molecule has 0 spiro atoms. The first-order chi connectivity index (χ1) is 8.72. The van der Waals surface area contributed by atoms with E-state index in [4.69, 9.17) is 4.42 Å². The monoisotopic (exact) mass is 305 g/mol. The van der Waals surface area contributed by atoms with E-state index in [9.17, 15) is 4.79 Å². The molecule has 0 aliphatic rings. The van der Waals surface area contributed by atoms with Crippen molar-refractivity contribution in [3.63, 3.8) is 0 Å². The Morgan fingerprint density at radius 1 is 1.28 bits per heavy atom. The third kappa shape index (κ3) is 2.71. The van der Waals surface area contributed by atoms with Crippen molar-refractivity contribution in [3.8, 4) is 0 Å². The Hall–Kier alpha value is -1.81. The average Bonchev–Trinajstić information content (AvgIpc) is 2.83. The summed E-state index contributed by atoms with van der Waals surface area (Å²) in [4.78, 5) is 13.9. The second-order valence-corrected chi connectivity index (χ2v) is 4.43. The number of carbonyl (C=O) groups is 1. The topological polar surface area (TPSA) is 33.5 Å². The Morgan fingerprint density at radius 3 is 2.56 bits per heavy atom. The van der Waals surface area contributed by atoms with Crippen LogP contribution in [-0.2, 0) is 0 Å². The minimum Gasteiger partial charge on any atom is -0.444 e. The molecule has 1 amide bonds. The maximum absolute atomic E-state index is 12.3. The average molecular weight is 306 g/mol. The number of furan rings is 1. The minimum absolute atomic E-state index is 0.188. The number of halogens is 1. The molecule has 0 saturated heterocycles. The van der Waals surface area contributed by atoms with Crippen molar-refractivity contribution in [1.29, 1.82) is 0 Å². The predicted molar refractivity (Wildman–Crippen MR) is 74.7 cm³/mol. The van der Waals surface area contributed by atoms with E-state index >= 15 is 0 Å². The summed E-state index contributed by atoms with van der Waals surface area (Å²) in [5.74, 6) is 0.111. The molecule has 2 aromatic rings. The van der Waals surface area contributed by atoms with E-state index in [0.717, 1.165) is 5.69 Å². The van der Waals surface area contributed by atoms with Gasteiger partial charge in [-0.25, -0.2) is 0 Å². The molecule has 0 unspecified atom stereocenters. The zero-order valence-electron chi connectivity index (χ0n) is 9.67. The molecule has 0 N–H and O–H groups in total. The highest BCUT2D eigenvalue weighted by molar-refractivity contribution is 9.10. The van der Waals surface area contributed by atoms with Gasteiger partial charge in [-0.05, 0) is 40.2 Å². The van der Waals surface area contributed by atoms with Gasteiger partial charge in [0.1, 0.15) is 0 Å². The van der Waals surface area contributed by atoms with Crippen LogP contribution >= 0.6 is 15.9 Å². The number of carbonyl (C=O) groups excluding carboxylic acids is 1. The van der Waals surface area contributed by atoms with Gasteiger partial charge in [0.2, 0.25) is 0 Å². The number of amides is 1. The van der Waals surface area contributed by atoms with Gasteiger partial charge < -0.3 is 9.32 Å². The maximum Gasteiger partial charge on any atom is 0.294 e. The first kappa shape index (κ1) is 12.6. The van der Waals surface area contributed by atoms with Crippen LogP contribution in [0.5, 0.6) is 0 Å². The SMILES string of the molecule is C=CCN(C(=O)c1ccc(Br)o1)c1ccccc1. The molecule has 92 valence electrons. The molecule has 18 heavy (non-hydrogen) atoms. The molecule has 0 aliphatic carbocycles. The van der Waals surface area contributed by atoms with Crippen LogP contribution < -0.4 is 4.90 Å². The smallest absolute Gasteiger partial charge is 0.294 e. The zero-order chi connectivity index (χ0) is 13.0. The van der Waals surface area contributed by atoms with E-state index in [1.807, 2.05) is 30.3 Å². The largest absolute Gasteiger partial charge is 0.444 e. The summed E-state index contributed by atoms with van der Waals surface area (Å²) in [5.41, 5.74) is 0.815. The van der Waals surface area contributed by atoms with E-state index in [1.165, 1.54) is 0 Å². The van der Waals surface area contributed by atoms with Gasteiger partial charge in [-0.15, -0.1) is 6.58 Å². The van der Waals surface area contributed by atoms with Crippen LogP contribution in [0, 0.1) is 0 Å². The molecule has 1 aromatic carbocycles. The number of rotatable bonds is 4. The summed E-state index contributed by atoms with van der Waals surface area (Å²) in [6.45, 7) is 4.11. The molecule has 0 bridgehead atoms. The summed E-state index contributed by atoms with van der Waals surface area (Å²) >= 11 is 3.19. The number of benzene rings is 1. The summed E-state index contributed by atoms with van der Waals surface area (Å²) in [5, 5.41) is 0. The van der Waals surface area contributed by atoms with Crippen LogP contribution in [-0.4, -0.2) is 12.5 Å². The van der Waals surface area contributed by atoms with Gasteiger partial charge >= 0.3 is 0 Å². The van der Waals surface area contributed by atoms with Gasteiger partial charge in [0.05, 0.1) is 0 Å². The fraction of sp³-hybridized carbons (Fsp3) is 0.0714. The molecule has 2 rings (SSSR count). The van der Waals surface area contributed by atoms with Gasteiger partial charge in [-0.1, -0.05) is 24.3 Å². The van der Waals surface area contributed by atoms with E-state index in [-0.39, 0.29) is 5.91 Å². The van der Waals surface area contributed by atoms with Crippen molar-refractivity contribution < 1.29 is 9.21 Å². The third-order valence-electron chi connectivity index (χ3n) is 2.41. The summed E-state index contributed by atoms with van der Waals surface area (Å²) in [7, 11) is 0. The molecule has 0 radical (unpaired) electrons.